The van der Waals surface area contributed by atoms with E-state index in [0.717, 1.165) is 5.56 Å². The molecule has 2 aromatic rings. The van der Waals surface area contributed by atoms with E-state index in [0.29, 0.717) is 23.8 Å². The lowest BCUT2D eigenvalue weighted by atomic mass is 9.88. The van der Waals surface area contributed by atoms with Crippen molar-refractivity contribution in [1.82, 2.24) is 14.9 Å². The van der Waals surface area contributed by atoms with E-state index >= 15 is 0 Å². The molecule has 0 aliphatic heterocycles. The summed E-state index contributed by atoms with van der Waals surface area (Å²) in [6, 6.07) is 6.52. The van der Waals surface area contributed by atoms with Crippen LogP contribution in [0.15, 0.2) is 36.8 Å². The average Bonchev–Trinajstić information content (AvgIpc) is 3.04. The molecular formula is C19H24ClN3O4. The third-order valence-corrected chi connectivity index (χ3v) is 4.74. The standard InChI is InChI=1S/C19H24ClN3O4/c1-3-22-17(19(26)27)12(2)7-15(18(24)25)16-9-21-11-23(16)10-13-5-4-6-14(20)8-13/h4-6,8-9,11-12,15,17,22H,3,7,10H2,1-2H3,(H,24,25)(H,26,27). The maximum atomic E-state index is 11.9. The topological polar surface area (TPSA) is 104 Å². The summed E-state index contributed by atoms with van der Waals surface area (Å²) in [5.74, 6) is -3.23. The predicted molar refractivity (Wildman–Crippen MR) is 102 cm³/mol. The summed E-state index contributed by atoms with van der Waals surface area (Å²) in [6.45, 7) is 4.49. The van der Waals surface area contributed by atoms with Crippen LogP contribution in [0.3, 0.4) is 0 Å². The molecule has 2 rings (SSSR count). The largest absolute Gasteiger partial charge is 0.481 e. The molecule has 0 radical (unpaired) electrons. The highest BCUT2D eigenvalue weighted by Crippen LogP contribution is 2.27. The Morgan fingerprint density at radius 3 is 2.63 bits per heavy atom. The summed E-state index contributed by atoms with van der Waals surface area (Å²) < 4.78 is 1.76. The number of hydrogen-bond donors (Lipinski definition) is 3. The lowest BCUT2D eigenvalue weighted by Crippen LogP contribution is -2.42. The fourth-order valence-corrected chi connectivity index (χ4v) is 3.41. The molecule has 3 atom stereocenters. The molecule has 1 heterocycles. The van der Waals surface area contributed by atoms with Gasteiger partial charge in [0.15, 0.2) is 0 Å². The molecule has 1 aromatic carbocycles. The fourth-order valence-electron chi connectivity index (χ4n) is 3.19. The maximum Gasteiger partial charge on any atom is 0.320 e. The van der Waals surface area contributed by atoms with Gasteiger partial charge < -0.3 is 20.1 Å². The molecule has 0 amide bonds. The van der Waals surface area contributed by atoms with Crippen LogP contribution in [0, 0.1) is 5.92 Å². The minimum Gasteiger partial charge on any atom is -0.481 e. The quantitative estimate of drug-likeness (QED) is 0.573. The smallest absolute Gasteiger partial charge is 0.320 e. The van der Waals surface area contributed by atoms with Crippen molar-refractivity contribution in [3.8, 4) is 0 Å². The van der Waals surface area contributed by atoms with E-state index < -0.39 is 23.9 Å². The van der Waals surface area contributed by atoms with E-state index in [1.54, 1.807) is 23.9 Å². The number of aliphatic carboxylic acids is 2. The van der Waals surface area contributed by atoms with Gasteiger partial charge in [-0.15, -0.1) is 0 Å². The zero-order valence-corrected chi connectivity index (χ0v) is 16.1. The number of carboxylic acids is 2. The van der Waals surface area contributed by atoms with E-state index in [4.69, 9.17) is 11.6 Å². The van der Waals surface area contributed by atoms with Crippen molar-refractivity contribution in [2.75, 3.05) is 6.54 Å². The Morgan fingerprint density at radius 2 is 2.04 bits per heavy atom. The monoisotopic (exact) mass is 393 g/mol. The Morgan fingerprint density at radius 1 is 1.30 bits per heavy atom. The summed E-state index contributed by atoms with van der Waals surface area (Å²) in [4.78, 5) is 27.5. The van der Waals surface area contributed by atoms with Crippen molar-refractivity contribution in [2.45, 2.75) is 38.8 Å². The lowest BCUT2D eigenvalue weighted by Gasteiger charge is -2.24. The number of carbonyl (C=O) groups is 2. The molecule has 0 bridgehead atoms. The number of imidazole rings is 1. The third-order valence-electron chi connectivity index (χ3n) is 4.51. The summed E-state index contributed by atoms with van der Waals surface area (Å²) in [5, 5.41) is 22.6. The van der Waals surface area contributed by atoms with Crippen molar-refractivity contribution in [3.63, 3.8) is 0 Å². The van der Waals surface area contributed by atoms with Crippen LogP contribution in [-0.4, -0.2) is 44.3 Å². The molecule has 0 aliphatic carbocycles. The molecule has 0 aliphatic rings. The van der Waals surface area contributed by atoms with Gasteiger partial charge in [-0.3, -0.25) is 9.59 Å². The second-order valence-electron chi connectivity index (χ2n) is 6.55. The van der Waals surface area contributed by atoms with Gasteiger partial charge in [-0.25, -0.2) is 4.98 Å². The molecule has 146 valence electrons. The zero-order chi connectivity index (χ0) is 20.0. The van der Waals surface area contributed by atoms with Crippen LogP contribution in [0.1, 0.15) is 37.4 Å². The van der Waals surface area contributed by atoms with Crippen LogP contribution in [0.4, 0.5) is 0 Å². The summed E-state index contributed by atoms with van der Waals surface area (Å²) in [5.41, 5.74) is 1.46. The van der Waals surface area contributed by atoms with Crippen LogP contribution >= 0.6 is 11.6 Å². The van der Waals surface area contributed by atoms with E-state index in [1.807, 2.05) is 25.1 Å². The number of carboxylic acid groups (broad SMARTS) is 2. The summed E-state index contributed by atoms with van der Waals surface area (Å²) in [7, 11) is 0. The van der Waals surface area contributed by atoms with Gasteiger partial charge in [0.1, 0.15) is 6.04 Å². The first-order valence-electron chi connectivity index (χ1n) is 8.77. The highest BCUT2D eigenvalue weighted by Gasteiger charge is 2.31. The van der Waals surface area contributed by atoms with E-state index in [-0.39, 0.29) is 12.3 Å². The Kier molecular flexibility index (Phi) is 7.38. The number of aromatic nitrogens is 2. The maximum absolute atomic E-state index is 11.9. The van der Waals surface area contributed by atoms with Gasteiger partial charge in [0.25, 0.3) is 0 Å². The first-order valence-corrected chi connectivity index (χ1v) is 9.14. The molecule has 8 heteroatoms. The van der Waals surface area contributed by atoms with Crippen molar-refractivity contribution >= 4 is 23.5 Å². The summed E-state index contributed by atoms with van der Waals surface area (Å²) >= 11 is 6.02. The molecule has 0 saturated heterocycles. The normalized spacial score (nSPS) is 14.5. The van der Waals surface area contributed by atoms with Gasteiger partial charge in [0.2, 0.25) is 0 Å². The summed E-state index contributed by atoms with van der Waals surface area (Å²) in [6.07, 6.45) is 3.29. The highest BCUT2D eigenvalue weighted by atomic mass is 35.5. The molecule has 0 fully saturated rings. The van der Waals surface area contributed by atoms with Crippen LogP contribution in [0.2, 0.25) is 5.02 Å². The van der Waals surface area contributed by atoms with Gasteiger partial charge in [0, 0.05) is 17.8 Å². The highest BCUT2D eigenvalue weighted by molar-refractivity contribution is 6.30. The minimum absolute atomic E-state index is 0.181. The number of likely N-dealkylation sites (N-methyl/N-ethyl adjacent to an activating group) is 1. The second-order valence-corrected chi connectivity index (χ2v) is 6.99. The van der Waals surface area contributed by atoms with Crippen LogP contribution in [0.5, 0.6) is 0 Å². The average molecular weight is 394 g/mol. The molecule has 3 N–H and O–H groups in total. The molecule has 27 heavy (non-hydrogen) atoms. The van der Waals surface area contributed by atoms with E-state index in [1.165, 1.54) is 6.20 Å². The van der Waals surface area contributed by atoms with Gasteiger partial charge in [-0.05, 0) is 36.6 Å². The van der Waals surface area contributed by atoms with Crippen LogP contribution in [0.25, 0.3) is 0 Å². The first-order chi connectivity index (χ1) is 12.8. The number of rotatable bonds is 10. The molecule has 7 nitrogen and oxygen atoms in total. The molecule has 3 unspecified atom stereocenters. The fraction of sp³-hybridized carbons (Fsp3) is 0.421. The number of hydrogen-bond acceptors (Lipinski definition) is 4. The first kappa shape index (κ1) is 20.9. The van der Waals surface area contributed by atoms with E-state index in [2.05, 4.69) is 10.3 Å². The Labute approximate surface area is 163 Å². The lowest BCUT2D eigenvalue weighted by molar-refractivity contribution is -0.143. The van der Waals surface area contributed by atoms with Crippen LogP contribution in [-0.2, 0) is 16.1 Å². The molecule has 0 spiro atoms. The SMILES string of the molecule is CCNC(C(=O)O)C(C)CC(C(=O)O)c1cncn1Cc1cccc(Cl)c1. The Balaban J connectivity index is 2.23. The van der Waals surface area contributed by atoms with Gasteiger partial charge in [-0.2, -0.15) is 0 Å². The van der Waals surface area contributed by atoms with Crippen molar-refractivity contribution < 1.29 is 19.8 Å². The Bertz CT molecular complexity index is 793. The number of halogens is 1. The number of nitrogens with one attached hydrogen (secondary N) is 1. The molecule has 1 aromatic heterocycles. The molecular weight excluding hydrogens is 370 g/mol. The van der Waals surface area contributed by atoms with Crippen LogP contribution < -0.4 is 5.32 Å². The number of benzene rings is 1. The molecule has 0 saturated carbocycles. The van der Waals surface area contributed by atoms with Gasteiger partial charge in [-0.1, -0.05) is 37.6 Å². The second kappa shape index (κ2) is 9.53. The van der Waals surface area contributed by atoms with Crippen molar-refractivity contribution in [1.29, 1.82) is 0 Å². The van der Waals surface area contributed by atoms with Gasteiger partial charge in [0.05, 0.1) is 17.9 Å². The van der Waals surface area contributed by atoms with Crippen molar-refractivity contribution in [2.24, 2.45) is 5.92 Å². The third kappa shape index (κ3) is 5.55. The Hall–Kier alpha value is -2.38. The minimum atomic E-state index is -1.00. The van der Waals surface area contributed by atoms with Gasteiger partial charge >= 0.3 is 11.9 Å². The zero-order valence-electron chi connectivity index (χ0n) is 15.3. The number of nitrogens with zero attached hydrogens (tertiary/aromatic N) is 2. The van der Waals surface area contributed by atoms with E-state index in [9.17, 15) is 19.8 Å². The predicted octanol–water partition coefficient (Wildman–Crippen LogP) is 2.84. The van der Waals surface area contributed by atoms with Crippen molar-refractivity contribution in [3.05, 3.63) is 53.1 Å².